The lowest BCUT2D eigenvalue weighted by molar-refractivity contribution is 0.102. The Morgan fingerprint density at radius 1 is 1.50 bits per heavy atom. The fourth-order valence-electron chi connectivity index (χ4n) is 1.54. The van der Waals surface area contributed by atoms with Gasteiger partial charge in [0.05, 0.1) is 0 Å². The predicted molar refractivity (Wildman–Crippen MR) is 69.8 cm³/mol. The number of hydrogen-bond donors (Lipinski definition) is 2. The normalized spacial score (nSPS) is 10.3. The standard InChI is InChI=1S/C12H13ClN4O/c1-2-4-8-7-11(17-16-8)15-12(18)9-5-3-6-10(13)14-9/h3,5-7H,2,4H2,1H3,(H2,15,16,17,18). The zero-order valence-corrected chi connectivity index (χ0v) is 10.7. The molecular weight excluding hydrogens is 252 g/mol. The van der Waals surface area contributed by atoms with Crippen molar-refractivity contribution in [2.24, 2.45) is 0 Å². The SMILES string of the molecule is CCCc1cc(NC(=O)c2cccc(Cl)n2)n[nH]1. The number of aryl methyl sites for hydroxylation is 1. The Morgan fingerprint density at radius 3 is 3.06 bits per heavy atom. The molecule has 0 saturated carbocycles. The number of carbonyl (C=O) groups excluding carboxylic acids is 1. The number of H-pyrrole nitrogens is 1. The third kappa shape index (κ3) is 3.07. The second kappa shape index (κ2) is 5.64. The molecule has 5 nitrogen and oxygen atoms in total. The predicted octanol–water partition coefficient (Wildman–Crippen LogP) is 2.66. The Balaban J connectivity index is 2.06. The molecule has 2 aromatic heterocycles. The molecule has 2 rings (SSSR count). The summed E-state index contributed by atoms with van der Waals surface area (Å²) in [7, 11) is 0. The molecule has 0 aliphatic rings. The van der Waals surface area contributed by atoms with Gasteiger partial charge in [0.2, 0.25) is 0 Å². The van der Waals surface area contributed by atoms with E-state index in [4.69, 9.17) is 11.6 Å². The van der Waals surface area contributed by atoms with Crippen LogP contribution in [0, 0.1) is 0 Å². The van der Waals surface area contributed by atoms with E-state index in [0.29, 0.717) is 5.82 Å². The maximum absolute atomic E-state index is 11.8. The Labute approximate surface area is 110 Å². The monoisotopic (exact) mass is 264 g/mol. The fourth-order valence-corrected chi connectivity index (χ4v) is 1.70. The maximum Gasteiger partial charge on any atom is 0.275 e. The van der Waals surface area contributed by atoms with Crippen molar-refractivity contribution < 1.29 is 4.79 Å². The summed E-state index contributed by atoms with van der Waals surface area (Å²) in [4.78, 5) is 15.8. The van der Waals surface area contributed by atoms with Crippen LogP contribution in [-0.4, -0.2) is 21.1 Å². The van der Waals surface area contributed by atoms with Crippen LogP contribution >= 0.6 is 11.6 Å². The maximum atomic E-state index is 11.8. The Hall–Kier alpha value is -1.88. The van der Waals surface area contributed by atoms with Gasteiger partial charge >= 0.3 is 0 Å². The average Bonchev–Trinajstić information content (AvgIpc) is 2.77. The molecular formula is C12H13ClN4O. The number of pyridine rings is 1. The average molecular weight is 265 g/mol. The highest BCUT2D eigenvalue weighted by atomic mass is 35.5. The Kier molecular flexibility index (Phi) is 3.94. The molecule has 0 saturated heterocycles. The van der Waals surface area contributed by atoms with Gasteiger partial charge in [0.15, 0.2) is 5.82 Å². The molecule has 1 amide bonds. The van der Waals surface area contributed by atoms with Gasteiger partial charge in [-0.25, -0.2) is 4.98 Å². The van der Waals surface area contributed by atoms with Crippen molar-refractivity contribution in [2.75, 3.05) is 5.32 Å². The summed E-state index contributed by atoms with van der Waals surface area (Å²) in [5, 5.41) is 9.82. The lowest BCUT2D eigenvalue weighted by atomic mass is 10.2. The largest absolute Gasteiger partial charge is 0.304 e. The number of amides is 1. The van der Waals surface area contributed by atoms with Crippen molar-refractivity contribution in [3.05, 3.63) is 40.8 Å². The molecule has 2 heterocycles. The number of halogens is 1. The molecule has 94 valence electrons. The number of nitrogens with one attached hydrogen (secondary N) is 2. The number of carbonyl (C=O) groups is 1. The quantitative estimate of drug-likeness (QED) is 0.834. The van der Waals surface area contributed by atoms with Crippen LogP contribution in [0.5, 0.6) is 0 Å². The third-order valence-electron chi connectivity index (χ3n) is 2.34. The summed E-state index contributed by atoms with van der Waals surface area (Å²) in [5.74, 6) is 0.164. The first-order valence-electron chi connectivity index (χ1n) is 5.67. The van der Waals surface area contributed by atoms with E-state index in [9.17, 15) is 4.79 Å². The first-order valence-corrected chi connectivity index (χ1v) is 6.05. The lowest BCUT2D eigenvalue weighted by Gasteiger charge is -2.00. The van der Waals surface area contributed by atoms with Gasteiger partial charge in [-0.2, -0.15) is 5.10 Å². The van der Waals surface area contributed by atoms with E-state index < -0.39 is 0 Å². The van der Waals surface area contributed by atoms with Gasteiger partial charge in [-0.05, 0) is 18.6 Å². The number of aromatic nitrogens is 3. The van der Waals surface area contributed by atoms with E-state index in [0.717, 1.165) is 18.5 Å². The second-order valence-electron chi connectivity index (χ2n) is 3.83. The minimum atomic E-state index is -0.327. The molecule has 0 spiro atoms. The molecule has 0 unspecified atom stereocenters. The van der Waals surface area contributed by atoms with Crippen molar-refractivity contribution in [1.82, 2.24) is 15.2 Å². The number of nitrogens with zero attached hydrogens (tertiary/aromatic N) is 2. The van der Waals surface area contributed by atoms with Crippen LogP contribution in [0.25, 0.3) is 0 Å². The zero-order chi connectivity index (χ0) is 13.0. The summed E-state index contributed by atoms with van der Waals surface area (Å²) in [6.07, 6.45) is 1.92. The van der Waals surface area contributed by atoms with Crippen LogP contribution in [0.1, 0.15) is 29.5 Å². The second-order valence-corrected chi connectivity index (χ2v) is 4.22. The van der Waals surface area contributed by atoms with E-state index in [1.807, 2.05) is 6.07 Å². The minimum Gasteiger partial charge on any atom is -0.304 e. The summed E-state index contributed by atoms with van der Waals surface area (Å²) in [6, 6.07) is 6.70. The smallest absolute Gasteiger partial charge is 0.275 e. The van der Waals surface area contributed by atoms with E-state index in [1.54, 1.807) is 18.2 Å². The van der Waals surface area contributed by atoms with Gasteiger partial charge in [0.25, 0.3) is 5.91 Å². The minimum absolute atomic E-state index is 0.266. The van der Waals surface area contributed by atoms with Crippen LogP contribution in [-0.2, 0) is 6.42 Å². The van der Waals surface area contributed by atoms with Gasteiger partial charge in [-0.3, -0.25) is 9.89 Å². The highest BCUT2D eigenvalue weighted by Gasteiger charge is 2.10. The number of hydrogen-bond acceptors (Lipinski definition) is 3. The van der Waals surface area contributed by atoms with Gasteiger partial charge in [0.1, 0.15) is 10.8 Å². The fraction of sp³-hybridized carbons (Fsp3) is 0.250. The van der Waals surface area contributed by atoms with Gasteiger partial charge in [-0.1, -0.05) is 31.0 Å². The van der Waals surface area contributed by atoms with E-state index in [2.05, 4.69) is 27.4 Å². The van der Waals surface area contributed by atoms with Crippen LogP contribution < -0.4 is 5.32 Å². The van der Waals surface area contributed by atoms with Crippen molar-refractivity contribution in [1.29, 1.82) is 0 Å². The van der Waals surface area contributed by atoms with Crippen LogP contribution in [0.3, 0.4) is 0 Å². The third-order valence-corrected chi connectivity index (χ3v) is 2.55. The molecule has 0 bridgehead atoms. The molecule has 2 N–H and O–H groups in total. The van der Waals surface area contributed by atoms with Crippen LogP contribution in [0.2, 0.25) is 5.15 Å². The molecule has 6 heteroatoms. The van der Waals surface area contributed by atoms with Crippen LogP contribution in [0.15, 0.2) is 24.3 Å². The zero-order valence-electron chi connectivity index (χ0n) is 9.90. The Morgan fingerprint density at radius 2 is 2.33 bits per heavy atom. The topological polar surface area (TPSA) is 70.7 Å². The van der Waals surface area contributed by atoms with Gasteiger partial charge in [-0.15, -0.1) is 0 Å². The molecule has 0 radical (unpaired) electrons. The number of rotatable bonds is 4. The number of aromatic amines is 1. The molecule has 2 aromatic rings. The highest BCUT2D eigenvalue weighted by molar-refractivity contribution is 6.29. The van der Waals surface area contributed by atoms with Crippen molar-refractivity contribution in [3.8, 4) is 0 Å². The summed E-state index contributed by atoms with van der Waals surface area (Å²) in [5.41, 5.74) is 1.26. The molecule has 0 aliphatic carbocycles. The van der Waals surface area contributed by atoms with E-state index in [1.165, 1.54) is 0 Å². The summed E-state index contributed by atoms with van der Waals surface area (Å²) < 4.78 is 0. The van der Waals surface area contributed by atoms with Crippen LogP contribution in [0.4, 0.5) is 5.82 Å². The van der Waals surface area contributed by atoms with Crippen molar-refractivity contribution in [3.63, 3.8) is 0 Å². The van der Waals surface area contributed by atoms with Crippen molar-refractivity contribution >= 4 is 23.3 Å². The first kappa shape index (κ1) is 12.6. The van der Waals surface area contributed by atoms with Gasteiger partial charge in [0, 0.05) is 11.8 Å². The lowest BCUT2D eigenvalue weighted by Crippen LogP contribution is -2.13. The first-order chi connectivity index (χ1) is 8.69. The van der Waals surface area contributed by atoms with E-state index >= 15 is 0 Å². The molecule has 0 aliphatic heterocycles. The van der Waals surface area contributed by atoms with E-state index in [-0.39, 0.29) is 16.8 Å². The highest BCUT2D eigenvalue weighted by Crippen LogP contribution is 2.10. The summed E-state index contributed by atoms with van der Waals surface area (Å²) >= 11 is 5.72. The molecule has 0 fully saturated rings. The van der Waals surface area contributed by atoms with Crippen molar-refractivity contribution in [2.45, 2.75) is 19.8 Å². The molecule has 18 heavy (non-hydrogen) atoms. The molecule has 0 aromatic carbocycles. The Bertz CT molecular complexity index is 553. The number of anilines is 1. The summed E-state index contributed by atoms with van der Waals surface area (Å²) in [6.45, 7) is 2.08. The van der Waals surface area contributed by atoms with Gasteiger partial charge < -0.3 is 5.32 Å². The molecule has 0 atom stereocenters.